The average Bonchev–Trinajstić information content (AvgIpc) is 3.80. The Bertz CT molecular complexity index is 3140. The van der Waals surface area contributed by atoms with Crippen molar-refractivity contribution in [2.24, 2.45) is 0 Å². The molecule has 248 valence electrons. The largest absolute Gasteiger partial charge is 0.455 e. The van der Waals surface area contributed by atoms with Gasteiger partial charge in [0.25, 0.3) is 0 Å². The highest BCUT2D eigenvalue weighted by atomic mass is 16.3. The van der Waals surface area contributed by atoms with Crippen LogP contribution >= 0.6 is 0 Å². The van der Waals surface area contributed by atoms with Crippen molar-refractivity contribution in [3.05, 3.63) is 176 Å². The van der Waals surface area contributed by atoms with E-state index in [9.17, 15) is 0 Å². The van der Waals surface area contributed by atoms with E-state index < -0.39 is 0 Å². The summed E-state index contributed by atoms with van der Waals surface area (Å²) < 4.78 is 13.3. The third-order valence-electron chi connectivity index (χ3n) is 10.2. The Morgan fingerprint density at radius 1 is 0.415 bits per heavy atom. The molecule has 0 spiro atoms. The number of para-hydroxylation sites is 3. The zero-order chi connectivity index (χ0) is 34.9. The summed E-state index contributed by atoms with van der Waals surface area (Å²) in [5, 5.41) is 7.31. The van der Waals surface area contributed by atoms with E-state index in [2.05, 4.69) is 150 Å². The van der Waals surface area contributed by atoms with Crippen LogP contribution in [-0.2, 0) is 0 Å². The van der Waals surface area contributed by atoms with Crippen molar-refractivity contribution in [3.8, 4) is 22.6 Å². The number of nitrogens with zero attached hydrogens (tertiary/aromatic N) is 3. The summed E-state index contributed by atoms with van der Waals surface area (Å²) in [6.45, 7) is 0. The second-order valence-electron chi connectivity index (χ2n) is 13.4. The predicted octanol–water partition coefficient (Wildman–Crippen LogP) is 13.4. The number of rotatable bonds is 5. The smallest absolute Gasteiger partial charge is 0.180 e. The van der Waals surface area contributed by atoms with Gasteiger partial charge in [-0.1, -0.05) is 109 Å². The molecule has 0 atom stereocenters. The fraction of sp³-hybridized carbons (Fsp3) is 0. The van der Waals surface area contributed by atoms with Crippen LogP contribution in [0.3, 0.4) is 0 Å². The van der Waals surface area contributed by atoms with E-state index in [1.54, 1.807) is 0 Å². The molecule has 0 saturated carbocycles. The van der Waals surface area contributed by atoms with Crippen molar-refractivity contribution >= 4 is 82.6 Å². The van der Waals surface area contributed by atoms with E-state index in [-0.39, 0.29) is 0 Å². The van der Waals surface area contributed by atoms with Crippen molar-refractivity contribution in [3.63, 3.8) is 0 Å². The molecule has 0 aliphatic rings. The lowest BCUT2D eigenvalue weighted by Crippen LogP contribution is -2.09. The Hall–Kier alpha value is -7.24. The number of fused-ring (bicyclic) bond motifs is 9. The first-order chi connectivity index (χ1) is 26.3. The summed E-state index contributed by atoms with van der Waals surface area (Å²) in [7, 11) is 0. The molecule has 5 nitrogen and oxygen atoms in total. The van der Waals surface area contributed by atoms with Crippen molar-refractivity contribution in [2.75, 3.05) is 4.90 Å². The van der Waals surface area contributed by atoms with Gasteiger partial charge < -0.3 is 13.7 Å². The van der Waals surface area contributed by atoms with E-state index in [0.29, 0.717) is 11.4 Å². The molecule has 0 amide bonds. The molecule has 3 aromatic heterocycles. The highest BCUT2D eigenvalue weighted by Crippen LogP contribution is 2.45. The van der Waals surface area contributed by atoms with E-state index in [1.165, 1.54) is 5.39 Å². The van der Waals surface area contributed by atoms with Crippen LogP contribution in [0.5, 0.6) is 0 Å². The number of hydrogen-bond acceptors (Lipinski definition) is 5. The minimum absolute atomic E-state index is 0.610. The van der Waals surface area contributed by atoms with Crippen LogP contribution in [0.1, 0.15) is 0 Å². The average molecular weight is 680 g/mol. The monoisotopic (exact) mass is 679 g/mol. The van der Waals surface area contributed by atoms with Crippen LogP contribution in [-0.4, -0.2) is 9.97 Å². The first kappa shape index (κ1) is 29.5. The van der Waals surface area contributed by atoms with E-state index in [4.69, 9.17) is 18.8 Å². The lowest BCUT2D eigenvalue weighted by atomic mass is 9.98. The molecule has 5 heteroatoms. The predicted molar refractivity (Wildman–Crippen MR) is 217 cm³/mol. The second kappa shape index (κ2) is 11.7. The molecule has 11 rings (SSSR count). The summed E-state index contributed by atoms with van der Waals surface area (Å²) in [6.07, 6.45) is 0. The van der Waals surface area contributed by atoms with Gasteiger partial charge >= 0.3 is 0 Å². The molecule has 3 heterocycles. The number of hydrogen-bond donors (Lipinski definition) is 0. The van der Waals surface area contributed by atoms with Crippen molar-refractivity contribution in [1.29, 1.82) is 0 Å². The van der Waals surface area contributed by atoms with E-state index in [1.807, 2.05) is 30.3 Å². The summed E-state index contributed by atoms with van der Waals surface area (Å²) in [5.41, 5.74) is 9.60. The molecule has 0 radical (unpaired) electrons. The van der Waals surface area contributed by atoms with Gasteiger partial charge in [-0.15, -0.1) is 0 Å². The van der Waals surface area contributed by atoms with E-state index in [0.717, 1.165) is 88.5 Å². The van der Waals surface area contributed by atoms with Crippen LogP contribution < -0.4 is 4.90 Å². The molecule has 0 aliphatic heterocycles. The topological polar surface area (TPSA) is 55.3 Å². The number of furan rings is 2. The maximum atomic E-state index is 6.79. The third-order valence-corrected chi connectivity index (χ3v) is 10.2. The van der Waals surface area contributed by atoms with Crippen molar-refractivity contribution < 1.29 is 8.83 Å². The van der Waals surface area contributed by atoms with Crippen LogP contribution in [0, 0.1) is 0 Å². The summed E-state index contributed by atoms with van der Waals surface area (Å²) in [6, 6.07) is 60.8. The second-order valence-corrected chi connectivity index (χ2v) is 13.4. The Morgan fingerprint density at radius 2 is 1.06 bits per heavy atom. The first-order valence-corrected chi connectivity index (χ1v) is 17.7. The van der Waals surface area contributed by atoms with Crippen molar-refractivity contribution in [1.82, 2.24) is 9.97 Å². The van der Waals surface area contributed by atoms with Crippen LogP contribution in [0.25, 0.3) is 88.2 Å². The van der Waals surface area contributed by atoms with Gasteiger partial charge in [0.2, 0.25) is 0 Å². The summed E-state index contributed by atoms with van der Waals surface area (Å²) in [5.74, 6) is 0.610. The summed E-state index contributed by atoms with van der Waals surface area (Å²) in [4.78, 5) is 13.0. The highest BCUT2D eigenvalue weighted by Gasteiger charge is 2.23. The molecule has 0 bridgehead atoms. The number of benzene rings is 8. The van der Waals surface area contributed by atoms with Gasteiger partial charge in [0, 0.05) is 49.7 Å². The van der Waals surface area contributed by atoms with Crippen LogP contribution in [0.4, 0.5) is 17.1 Å². The molecule has 53 heavy (non-hydrogen) atoms. The lowest BCUT2D eigenvalue weighted by molar-refractivity contribution is 0.667. The molecule has 11 aromatic rings. The van der Waals surface area contributed by atoms with Gasteiger partial charge in [0.1, 0.15) is 28.0 Å². The highest BCUT2D eigenvalue weighted by molar-refractivity contribution is 6.21. The molecule has 8 aromatic carbocycles. The van der Waals surface area contributed by atoms with Gasteiger partial charge in [-0.25, -0.2) is 9.97 Å². The Balaban J connectivity index is 1.22. The SMILES string of the molecule is c1ccc(N(c2ccccc2)c2ccc3oc4c5ccccc5cc(-c5nc(-c6ccc7ccccc7c6)c6oc7ccccc7c6n5)c4c3c2)cc1. The lowest BCUT2D eigenvalue weighted by Gasteiger charge is -2.25. The fourth-order valence-corrected chi connectivity index (χ4v) is 7.76. The Morgan fingerprint density at radius 3 is 1.85 bits per heavy atom. The molecule has 0 saturated heterocycles. The van der Waals surface area contributed by atoms with E-state index >= 15 is 0 Å². The molecule has 0 fully saturated rings. The Labute approximate surface area is 304 Å². The van der Waals surface area contributed by atoms with Gasteiger partial charge in [0.05, 0.1) is 0 Å². The minimum Gasteiger partial charge on any atom is -0.455 e. The molecular weight excluding hydrogens is 651 g/mol. The fourth-order valence-electron chi connectivity index (χ4n) is 7.76. The zero-order valence-electron chi connectivity index (χ0n) is 28.4. The van der Waals surface area contributed by atoms with Gasteiger partial charge in [-0.05, 0) is 82.9 Å². The van der Waals surface area contributed by atoms with Gasteiger partial charge in [-0.2, -0.15) is 0 Å². The standard InChI is InChI=1S/C48H29N3O2/c1-3-16-34(17-4-1)51(35-18-5-2-6-19-35)36-25-26-42-39(29-36)43-40(28-32-15-9-10-20-37(32)46(43)52-42)48-49-44(33-24-23-30-13-7-8-14-31(30)27-33)47-45(50-48)38-21-11-12-22-41(38)53-47/h1-29H. The third kappa shape index (κ3) is 4.71. The van der Waals surface area contributed by atoms with Crippen LogP contribution in [0.2, 0.25) is 0 Å². The Kier molecular flexibility index (Phi) is 6.48. The molecule has 0 unspecified atom stereocenters. The summed E-state index contributed by atoms with van der Waals surface area (Å²) >= 11 is 0. The van der Waals surface area contributed by atoms with Crippen LogP contribution in [0.15, 0.2) is 185 Å². The molecular formula is C48H29N3O2. The quantitative estimate of drug-likeness (QED) is 0.181. The number of aromatic nitrogens is 2. The molecule has 0 N–H and O–H groups in total. The number of anilines is 3. The molecule has 0 aliphatic carbocycles. The maximum Gasteiger partial charge on any atom is 0.180 e. The zero-order valence-corrected chi connectivity index (χ0v) is 28.4. The van der Waals surface area contributed by atoms with Crippen molar-refractivity contribution in [2.45, 2.75) is 0 Å². The minimum atomic E-state index is 0.610. The first-order valence-electron chi connectivity index (χ1n) is 17.7. The normalized spacial score (nSPS) is 11.8. The van der Waals surface area contributed by atoms with Gasteiger partial charge in [0.15, 0.2) is 11.4 Å². The maximum absolute atomic E-state index is 6.79. The van der Waals surface area contributed by atoms with Gasteiger partial charge in [-0.3, -0.25) is 0 Å².